The molecule has 0 aliphatic heterocycles. The normalized spacial score (nSPS) is 28.5. The Morgan fingerprint density at radius 2 is 1.72 bits per heavy atom. The number of hydrogen-bond donors (Lipinski definition) is 1. The maximum absolute atomic E-state index is 3.74. The first-order valence-electron chi connectivity index (χ1n) is 8.55. The van der Waals surface area contributed by atoms with Crippen LogP contribution < -0.4 is 5.32 Å². The third kappa shape index (κ3) is 5.73. The smallest absolute Gasteiger partial charge is 0.00954 e. The molecule has 0 aromatic heterocycles. The summed E-state index contributed by atoms with van der Waals surface area (Å²) in [5, 5.41) is 3.74. The van der Waals surface area contributed by atoms with Gasteiger partial charge in [0.05, 0.1) is 0 Å². The van der Waals surface area contributed by atoms with E-state index in [4.69, 9.17) is 0 Å². The van der Waals surface area contributed by atoms with Crippen LogP contribution in [-0.4, -0.2) is 12.6 Å². The SMILES string of the molecule is CCCCCCC1CC(CCC)CCC1NCC. The van der Waals surface area contributed by atoms with Crippen LogP contribution in [0.3, 0.4) is 0 Å². The van der Waals surface area contributed by atoms with Crippen molar-refractivity contribution in [3.8, 4) is 0 Å². The lowest BCUT2D eigenvalue weighted by atomic mass is 9.74. The molecule has 0 amide bonds. The molecule has 3 unspecified atom stereocenters. The van der Waals surface area contributed by atoms with E-state index in [0.29, 0.717) is 0 Å². The molecule has 0 radical (unpaired) electrons. The fourth-order valence-electron chi connectivity index (χ4n) is 3.71. The van der Waals surface area contributed by atoms with Crippen LogP contribution in [0.25, 0.3) is 0 Å². The van der Waals surface area contributed by atoms with Gasteiger partial charge in [0, 0.05) is 6.04 Å². The summed E-state index contributed by atoms with van der Waals surface area (Å²) in [5.74, 6) is 1.99. The van der Waals surface area contributed by atoms with Gasteiger partial charge in [-0.05, 0) is 44.1 Å². The van der Waals surface area contributed by atoms with Crippen molar-refractivity contribution in [2.75, 3.05) is 6.54 Å². The van der Waals surface area contributed by atoms with Crippen LogP contribution in [0.2, 0.25) is 0 Å². The summed E-state index contributed by atoms with van der Waals surface area (Å²) in [6, 6.07) is 0.824. The van der Waals surface area contributed by atoms with Crippen molar-refractivity contribution in [2.45, 2.75) is 91.0 Å². The third-order valence-corrected chi connectivity index (χ3v) is 4.68. The number of rotatable bonds is 9. The van der Waals surface area contributed by atoms with Gasteiger partial charge in [-0.15, -0.1) is 0 Å². The average Bonchev–Trinajstić information content (AvgIpc) is 2.38. The molecule has 18 heavy (non-hydrogen) atoms. The van der Waals surface area contributed by atoms with Gasteiger partial charge in [-0.2, -0.15) is 0 Å². The van der Waals surface area contributed by atoms with E-state index in [1.54, 1.807) is 0 Å². The first-order chi connectivity index (χ1) is 8.81. The minimum atomic E-state index is 0.824. The highest BCUT2D eigenvalue weighted by Crippen LogP contribution is 2.35. The number of nitrogens with one attached hydrogen (secondary N) is 1. The van der Waals surface area contributed by atoms with Gasteiger partial charge in [-0.25, -0.2) is 0 Å². The minimum absolute atomic E-state index is 0.824. The molecular formula is C17H35N. The van der Waals surface area contributed by atoms with Gasteiger partial charge >= 0.3 is 0 Å². The van der Waals surface area contributed by atoms with Crippen LogP contribution in [0, 0.1) is 11.8 Å². The van der Waals surface area contributed by atoms with E-state index in [2.05, 4.69) is 26.1 Å². The first-order valence-corrected chi connectivity index (χ1v) is 8.55. The van der Waals surface area contributed by atoms with E-state index >= 15 is 0 Å². The summed E-state index contributed by atoms with van der Waals surface area (Å²) in [6.07, 6.45) is 14.4. The Morgan fingerprint density at radius 1 is 0.889 bits per heavy atom. The molecule has 1 rings (SSSR count). The quantitative estimate of drug-likeness (QED) is 0.560. The van der Waals surface area contributed by atoms with Gasteiger partial charge < -0.3 is 5.32 Å². The fourth-order valence-corrected chi connectivity index (χ4v) is 3.71. The summed E-state index contributed by atoms with van der Waals surface area (Å²) in [6.45, 7) is 8.05. The highest BCUT2D eigenvalue weighted by molar-refractivity contribution is 4.84. The molecular weight excluding hydrogens is 218 g/mol. The van der Waals surface area contributed by atoms with Gasteiger partial charge in [0.15, 0.2) is 0 Å². The van der Waals surface area contributed by atoms with Crippen LogP contribution in [0.1, 0.15) is 85.0 Å². The fraction of sp³-hybridized carbons (Fsp3) is 1.00. The maximum atomic E-state index is 3.74. The third-order valence-electron chi connectivity index (χ3n) is 4.68. The molecule has 1 heteroatoms. The molecule has 1 saturated carbocycles. The summed E-state index contributed by atoms with van der Waals surface area (Å²) < 4.78 is 0. The van der Waals surface area contributed by atoms with E-state index in [1.165, 1.54) is 64.2 Å². The maximum Gasteiger partial charge on any atom is 0.00954 e. The molecule has 0 aromatic rings. The summed E-state index contributed by atoms with van der Waals surface area (Å²) in [4.78, 5) is 0. The molecule has 0 bridgehead atoms. The van der Waals surface area contributed by atoms with E-state index in [9.17, 15) is 0 Å². The standard InChI is InChI=1S/C17H35N/c1-4-7-8-9-11-16-14-15(10-5-2)12-13-17(16)18-6-3/h15-18H,4-14H2,1-3H3. The molecule has 1 nitrogen and oxygen atoms in total. The largest absolute Gasteiger partial charge is 0.314 e. The number of hydrogen-bond acceptors (Lipinski definition) is 1. The molecule has 108 valence electrons. The highest BCUT2D eigenvalue weighted by Gasteiger charge is 2.28. The van der Waals surface area contributed by atoms with Crippen LogP contribution in [0.4, 0.5) is 0 Å². The Balaban J connectivity index is 2.34. The minimum Gasteiger partial charge on any atom is -0.314 e. The Bertz CT molecular complexity index is 190. The Hall–Kier alpha value is -0.0400. The van der Waals surface area contributed by atoms with Crippen LogP contribution >= 0.6 is 0 Å². The van der Waals surface area contributed by atoms with E-state index in [1.807, 2.05) is 0 Å². The Morgan fingerprint density at radius 3 is 2.39 bits per heavy atom. The molecule has 3 atom stereocenters. The van der Waals surface area contributed by atoms with Gasteiger partial charge in [0.2, 0.25) is 0 Å². The van der Waals surface area contributed by atoms with Crippen molar-refractivity contribution >= 4 is 0 Å². The molecule has 0 spiro atoms. The molecule has 1 N–H and O–H groups in total. The predicted octanol–water partition coefficient (Wildman–Crippen LogP) is 5.15. The van der Waals surface area contributed by atoms with Crippen LogP contribution in [0.15, 0.2) is 0 Å². The van der Waals surface area contributed by atoms with E-state index < -0.39 is 0 Å². The average molecular weight is 253 g/mol. The van der Waals surface area contributed by atoms with Crippen molar-refractivity contribution in [3.63, 3.8) is 0 Å². The zero-order valence-electron chi connectivity index (χ0n) is 13.0. The lowest BCUT2D eigenvalue weighted by Gasteiger charge is -2.37. The zero-order valence-corrected chi connectivity index (χ0v) is 13.0. The zero-order chi connectivity index (χ0) is 13.2. The van der Waals surface area contributed by atoms with Gasteiger partial charge in [-0.1, -0.05) is 59.3 Å². The summed E-state index contributed by atoms with van der Waals surface area (Å²) in [7, 11) is 0. The van der Waals surface area contributed by atoms with E-state index in [-0.39, 0.29) is 0 Å². The van der Waals surface area contributed by atoms with Crippen molar-refractivity contribution < 1.29 is 0 Å². The molecule has 1 aliphatic rings. The Labute approximate surface area is 115 Å². The van der Waals surface area contributed by atoms with Crippen molar-refractivity contribution in [1.82, 2.24) is 5.32 Å². The second-order valence-electron chi connectivity index (χ2n) is 6.24. The summed E-state index contributed by atoms with van der Waals surface area (Å²) >= 11 is 0. The molecule has 1 aliphatic carbocycles. The second kappa shape index (κ2) is 9.83. The topological polar surface area (TPSA) is 12.0 Å². The monoisotopic (exact) mass is 253 g/mol. The molecule has 0 heterocycles. The lowest BCUT2D eigenvalue weighted by molar-refractivity contribution is 0.184. The van der Waals surface area contributed by atoms with Crippen LogP contribution in [0.5, 0.6) is 0 Å². The molecule has 1 fully saturated rings. The summed E-state index contributed by atoms with van der Waals surface area (Å²) in [5.41, 5.74) is 0. The second-order valence-corrected chi connectivity index (χ2v) is 6.24. The van der Waals surface area contributed by atoms with Gasteiger partial charge in [-0.3, -0.25) is 0 Å². The lowest BCUT2D eigenvalue weighted by Crippen LogP contribution is -2.40. The predicted molar refractivity (Wildman–Crippen MR) is 82.0 cm³/mol. The van der Waals surface area contributed by atoms with Crippen molar-refractivity contribution in [1.29, 1.82) is 0 Å². The number of unbranched alkanes of at least 4 members (excludes halogenated alkanes) is 3. The first kappa shape index (κ1) is 16.0. The van der Waals surface area contributed by atoms with Gasteiger partial charge in [0.25, 0.3) is 0 Å². The molecule has 0 saturated heterocycles. The van der Waals surface area contributed by atoms with Crippen molar-refractivity contribution in [3.05, 3.63) is 0 Å². The Kier molecular flexibility index (Phi) is 8.75. The van der Waals surface area contributed by atoms with E-state index in [0.717, 1.165) is 24.4 Å². The highest BCUT2D eigenvalue weighted by atomic mass is 14.9. The van der Waals surface area contributed by atoms with Crippen molar-refractivity contribution in [2.24, 2.45) is 11.8 Å². The van der Waals surface area contributed by atoms with Gasteiger partial charge in [0.1, 0.15) is 0 Å². The van der Waals surface area contributed by atoms with Crippen LogP contribution in [-0.2, 0) is 0 Å². The molecule has 0 aromatic carbocycles.